The second-order valence-corrected chi connectivity index (χ2v) is 5.28. The third-order valence-electron chi connectivity index (χ3n) is 2.73. The topological polar surface area (TPSA) is 12.0 Å². The molecule has 96 valence electrons. The zero-order valence-corrected chi connectivity index (χ0v) is 11.0. The first-order chi connectivity index (χ1) is 8.70. The van der Waals surface area contributed by atoms with Gasteiger partial charge in [0.2, 0.25) is 0 Å². The largest absolute Gasteiger partial charge is 0.308 e. The van der Waals surface area contributed by atoms with Crippen LogP contribution in [0.5, 0.6) is 0 Å². The van der Waals surface area contributed by atoms with Crippen LogP contribution in [-0.2, 0) is 19.5 Å². The van der Waals surface area contributed by atoms with Gasteiger partial charge in [0, 0.05) is 28.4 Å². The molecule has 0 aliphatic rings. The molecule has 0 spiro atoms. The van der Waals surface area contributed by atoms with E-state index < -0.39 is 11.6 Å². The minimum absolute atomic E-state index is 0.102. The van der Waals surface area contributed by atoms with E-state index in [4.69, 9.17) is 0 Å². The molecule has 0 aliphatic carbocycles. The fourth-order valence-corrected chi connectivity index (χ4v) is 2.65. The van der Waals surface area contributed by atoms with Crippen LogP contribution in [0.1, 0.15) is 22.2 Å². The van der Waals surface area contributed by atoms with E-state index in [-0.39, 0.29) is 12.1 Å². The Morgan fingerprint density at radius 2 is 1.67 bits per heavy atom. The number of aryl methyl sites for hydroxylation is 1. The predicted octanol–water partition coefficient (Wildman–Crippen LogP) is 3.88. The van der Waals surface area contributed by atoms with E-state index in [9.17, 15) is 8.78 Å². The molecule has 0 amide bonds. The highest BCUT2D eigenvalue weighted by molar-refractivity contribution is 7.11. The van der Waals surface area contributed by atoms with Crippen LogP contribution < -0.4 is 5.32 Å². The zero-order valence-electron chi connectivity index (χ0n) is 10.2. The third-order valence-corrected chi connectivity index (χ3v) is 3.96. The molecule has 0 bridgehead atoms. The SMILES string of the molecule is CCc1ccc(CNCc2c(F)cccc2F)s1. The molecule has 0 atom stereocenters. The van der Waals surface area contributed by atoms with E-state index in [0.717, 1.165) is 6.42 Å². The lowest BCUT2D eigenvalue weighted by molar-refractivity contribution is 0.536. The molecular weight excluding hydrogens is 252 g/mol. The Kier molecular flexibility index (Phi) is 4.44. The monoisotopic (exact) mass is 267 g/mol. The molecule has 0 fully saturated rings. The molecular formula is C14H15F2NS. The molecule has 0 radical (unpaired) electrons. The molecule has 0 unspecified atom stereocenters. The van der Waals surface area contributed by atoms with Crippen molar-refractivity contribution in [3.8, 4) is 0 Å². The van der Waals surface area contributed by atoms with Crippen LogP contribution in [0.4, 0.5) is 8.78 Å². The Bertz CT molecular complexity index is 502. The minimum atomic E-state index is -0.497. The first kappa shape index (κ1) is 13.2. The van der Waals surface area contributed by atoms with Gasteiger partial charge in [-0.3, -0.25) is 0 Å². The van der Waals surface area contributed by atoms with Gasteiger partial charge >= 0.3 is 0 Å². The van der Waals surface area contributed by atoms with Crippen LogP contribution in [0.25, 0.3) is 0 Å². The summed E-state index contributed by atoms with van der Waals surface area (Å²) in [6.07, 6.45) is 1.02. The highest BCUT2D eigenvalue weighted by atomic mass is 32.1. The fourth-order valence-electron chi connectivity index (χ4n) is 1.72. The van der Waals surface area contributed by atoms with Crippen LogP contribution >= 0.6 is 11.3 Å². The van der Waals surface area contributed by atoms with Crippen molar-refractivity contribution in [2.45, 2.75) is 26.4 Å². The third kappa shape index (κ3) is 3.15. The number of nitrogens with one attached hydrogen (secondary N) is 1. The molecule has 2 rings (SSSR count). The van der Waals surface area contributed by atoms with Crippen molar-refractivity contribution in [2.75, 3.05) is 0 Å². The summed E-state index contributed by atoms with van der Waals surface area (Å²) >= 11 is 1.73. The van der Waals surface area contributed by atoms with Crippen molar-refractivity contribution in [1.29, 1.82) is 0 Å². The molecule has 1 N–H and O–H groups in total. The number of hydrogen-bond acceptors (Lipinski definition) is 2. The summed E-state index contributed by atoms with van der Waals surface area (Å²) in [6.45, 7) is 2.95. The first-order valence-electron chi connectivity index (χ1n) is 5.92. The molecule has 0 saturated carbocycles. The van der Waals surface area contributed by atoms with Gasteiger partial charge in [0.25, 0.3) is 0 Å². The number of thiophene rings is 1. The van der Waals surface area contributed by atoms with Gasteiger partial charge in [0.15, 0.2) is 0 Å². The predicted molar refractivity (Wildman–Crippen MR) is 70.6 cm³/mol. The van der Waals surface area contributed by atoms with E-state index in [1.807, 2.05) is 6.07 Å². The summed E-state index contributed by atoms with van der Waals surface area (Å²) in [4.78, 5) is 2.51. The van der Waals surface area contributed by atoms with Gasteiger partial charge in [-0.2, -0.15) is 0 Å². The summed E-state index contributed by atoms with van der Waals surface area (Å²) in [5, 5.41) is 3.07. The van der Waals surface area contributed by atoms with Crippen LogP contribution in [0.2, 0.25) is 0 Å². The molecule has 0 saturated heterocycles. The maximum absolute atomic E-state index is 13.4. The maximum Gasteiger partial charge on any atom is 0.130 e. The lowest BCUT2D eigenvalue weighted by atomic mass is 10.2. The van der Waals surface area contributed by atoms with E-state index >= 15 is 0 Å². The van der Waals surface area contributed by atoms with Gasteiger partial charge in [0.05, 0.1) is 0 Å². The molecule has 1 heterocycles. The van der Waals surface area contributed by atoms with Crippen molar-refractivity contribution in [3.63, 3.8) is 0 Å². The van der Waals surface area contributed by atoms with Gasteiger partial charge < -0.3 is 5.32 Å². The van der Waals surface area contributed by atoms with Crippen molar-refractivity contribution in [1.82, 2.24) is 5.32 Å². The second kappa shape index (κ2) is 6.07. The molecule has 4 heteroatoms. The van der Waals surface area contributed by atoms with Crippen LogP contribution in [0.3, 0.4) is 0 Å². The summed E-state index contributed by atoms with van der Waals surface area (Å²) in [5.41, 5.74) is 0.102. The average molecular weight is 267 g/mol. The molecule has 1 aromatic heterocycles. The smallest absolute Gasteiger partial charge is 0.130 e. The Hall–Kier alpha value is -1.26. The normalized spacial score (nSPS) is 10.8. The Morgan fingerprint density at radius 1 is 1.00 bits per heavy atom. The van der Waals surface area contributed by atoms with Gasteiger partial charge in [-0.05, 0) is 30.7 Å². The minimum Gasteiger partial charge on any atom is -0.308 e. The molecule has 2 aromatic rings. The first-order valence-corrected chi connectivity index (χ1v) is 6.73. The van der Waals surface area contributed by atoms with Gasteiger partial charge in [-0.1, -0.05) is 13.0 Å². The van der Waals surface area contributed by atoms with E-state index in [1.165, 1.54) is 28.0 Å². The summed E-state index contributed by atoms with van der Waals surface area (Å²) in [5.74, 6) is -0.995. The molecule has 1 nitrogen and oxygen atoms in total. The Balaban J connectivity index is 1.92. The quantitative estimate of drug-likeness (QED) is 0.867. The van der Waals surface area contributed by atoms with Crippen molar-refractivity contribution in [3.05, 3.63) is 57.3 Å². The van der Waals surface area contributed by atoms with Gasteiger partial charge in [-0.25, -0.2) is 8.78 Å². The lowest BCUT2D eigenvalue weighted by Gasteiger charge is -2.05. The van der Waals surface area contributed by atoms with Crippen LogP contribution in [-0.4, -0.2) is 0 Å². The highest BCUT2D eigenvalue weighted by Crippen LogP contribution is 2.17. The summed E-state index contributed by atoms with van der Waals surface area (Å²) in [7, 11) is 0. The maximum atomic E-state index is 13.4. The van der Waals surface area contributed by atoms with Gasteiger partial charge in [-0.15, -0.1) is 11.3 Å². The number of hydrogen-bond donors (Lipinski definition) is 1. The fraction of sp³-hybridized carbons (Fsp3) is 0.286. The Morgan fingerprint density at radius 3 is 2.28 bits per heavy atom. The molecule has 1 aromatic carbocycles. The zero-order chi connectivity index (χ0) is 13.0. The summed E-state index contributed by atoms with van der Waals surface area (Å²) in [6, 6.07) is 8.07. The highest BCUT2D eigenvalue weighted by Gasteiger charge is 2.07. The van der Waals surface area contributed by atoms with Crippen molar-refractivity contribution in [2.24, 2.45) is 0 Å². The van der Waals surface area contributed by atoms with Crippen molar-refractivity contribution < 1.29 is 8.78 Å². The lowest BCUT2D eigenvalue weighted by Crippen LogP contribution is -2.14. The number of rotatable bonds is 5. The van der Waals surface area contributed by atoms with Crippen LogP contribution in [0, 0.1) is 11.6 Å². The average Bonchev–Trinajstić information content (AvgIpc) is 2.81. The molecule has 18 heavy (non-hydrogen) atoms. The van der Waals surface area contributed by atoms with E-state index in [1.54, 1.807) is 11.3 Å². The summed E-state index contributed by atoms with van der Waals surface area (Å²) < 4.78 is 26.7. The second-order valence-electron chi connectivity index (χ2n) is 4.03. The number of benzene rings is 1. The Labute approximate surface area is 109 Å². The number of halogens is 2. The molecule has 0 aliphatic heterocycles. The van der Waals surface area contributed by atoms with Crippen molar-refractivity contribution >= 4 is 11.3 Å². The standard InChI is InChI=1S/C14H15F2NS/c1-2-10-6-7-11(18-10)8-17-9-12-13(15)4-3-5-14(12)16/h3-7,17H,2,8-9H2,1H3. The van der Waals surface area contributed by atoms with E-state index in [2.05, 4.69) is 18.3 Å². The van der Waals surface area contributed by atoms with E-state index in [0.29, 0.717) is 6.54 Å². The van der Waals surface area contributed by atoms with Crippen LogP contribution in [0.15, 0.2) is 30.3 Å². The van der Waals surface area contributed by atoms with Gasteiger partial charge in [0.1, 0.15) is 11.6 Å².